The number of thioether (sulfide) groups is 1. The van der Waals surface area contributed by atoms with E-state index in [0.717, 1.165) is 41.9 Å². The Morgan fingerprint density at radius 2 is 2.19 bits per heavy atom. The summed E-state index contributed by atoms with van der Waals surface area (Å²) < 4.78 is 0. The number of rotatable bonds is 6. The molecule has 0 aliphatic carbocycles. The van der Waals surface area contributed by atoms with Crippen LogP contribution in [0.15, 0.2) is 29.2 Å². The summed E-state index contributed by atoms with van der Waals surface area (Å²) in [7, 11) is 0. The highest BCUT2D eigenvalue weighted by Crippen LogP contribution is 2.24. The third-order valence-corrected chi connectivity index (χ3v) is 4.87. The maximum atomic E-state index is 12.0. The number of halogens is 2. The smallest absolute Gasteiger partial charge is 0.233 e. The van der Waals surface area contributed by atoms with Gasteiger partial charge in [0.25, 0.3) is 0 Å². The van der Waals surface area contributed by atoms with E-state index in [0.29, 0.717) is 0 Å². The molecule has 0 bridgehead atoms. The number of hydrogen-bond donors (Lipinski definition) is 2. The lowest BCUT2D eigenvalue weighted by molar-refractivity contribution is -0.120. The third-order valence-electron chi connectivity index (χ3n) is 3.51. The second-order valence-corrected chi connectivity index (χ2v) is 7.00. The molecular weight excluding hydrogens is 327 g/mol. The van der Waals surface area contributed by atoms with Crippen molar-refractivity contribution in [2.45, 2.75) is 29.9 Å². The van der Waals surface area contributed by atoms with E-state index in [9.17, 15) is 4.79 Å². The molecule has 6 heteroatoms. The molecule has 3 nitrogen and oxygen atoms in total. The van der Waals surface area contributed by atoms with Gasteiger partial charge in [0.05, 0.1) is 5.25 Å². The number of amides is 1. The Balaban J connectivity index is 0.00000220. The Morgan fingerprint density at radius 3 is 2.81 bits per heavy atom. The van der Waals surface area contributed by atoms with Gasteiger partial charge < -0.3 is 10.6 Å². The van der Waals surface area contributed by atoms with Gasteiger partial charge in [0, 0.05) is 16.5 Å². The fraction of sp³-hybridized carbons (Fsp3) is 0.533. The first-order chi connectivity index (χ1) is 9.65. The van der Waals surface area contributed by atoms with E-state index in [1.54, 1.807) is 11.8 Å². The second-order valence-electron chi connectivity index (χ2n) is 5.15. The van der Waals surface area contributed by atoms with Crippen LogP contribution in [0, 0.1) is 5.92 Å². The van der Waals surface area contributed by atoms with E-state index in [4.69, 9.17) is 11.6 Å². The Morgan fingerprint density at radius 1 is 1.48 bits per heavy atom. The average Bonchev–Trinajstić information content (AvgIpc) is 2.94. The highest BCUT2D eigenvalue weighted by Gasteiger charge is 2.16. The monoisotopic (exact) mass is 348 g/mol. The van der Waals surface area contributed by atoms with Gasteiger partial charge in [-0.05, 0) is 63.0 Å². The topological polar surface area (TPSA) is 41.1 Å². The van der Waals surface area contributed by atoms with E-state index in [2.05, 4.69) is 10.6 Å². The largest absolute Gasteiger partial charge is 0.355 e. The van der Waals surface area contributed by atoms with Crippen molar-refractivity contribution in [1.29, 1.82) is 0 Å². The van der Waals surface area contributed by atoms with Crippen molar-refractivity contribution in [3.8, 4) is 0 Å². The minimum absolute atomic E-state index is 0. The Hall–Kier alpha value is -0.420. The van der Waals surface area contributed by atoms with Crippen LogP contribution in [0.25, 0.3) is 0 Å². The van der Waals surface area contributed by atoms with E-state index >= 15 is 0 Å². The summed E-state index contributed by atoms with van der Waals surface area (Å²) in [4.78, 5) is 13.1. The van der Waals surface area contributed by atoms with Gasteiger partial charge in [0.15, 0.2) is 0 Å². The van der Waals surface area contributed by atoms with Crippen LogP contribution < -0.4 is 10.6 Å². The molecule has 1 fully saturated rings. The summed E-state index contributed by atoms with van der Waals surface area (Å²) in [6.07, 6.45) is 2.29. The third kappa shape index (κ3) is 6.47. The Bertz CT molecular complexity index is 436. The maximum Gasteiger partial charge on any atom is 0.233 e. The van der Waals surface area contributed by atoms with Crippen molar-refractivity contribution in [1.82, 2.24) is 10.6 Å². The summed E-state index contributed by atoms with van der Waals surface area (Å²) in [5.41, 5.74) is 0. The van der Waals surface area contributed by atoms with Crippen molar-refractivity contribution in [3.05, 3.63) is 29.3 Å². The molecule has 1 aliphatic heterocycles. The van der Waals surface area contributed by atoms with Crippen LogP contribution in [0.3, 0.4) is 0 Å². The zero-order chi connectivity index (χ0) is 14.4. The quantitative estimate of drug-likeness (QED) is 0.774. The van der Waals surface area contributed by atoms with Gasteiger partial charge in [-0.25, -0.2) is 0 Å². The van der Waals surface area contributed by atoms with Crippen molar-refractivity contribution in [2.75, 3.05) is 19.6 Å². The van der Waals surface area contributed by atoms with E-state index in [-0.39, 0.29) is 23.6 Å². The van der Waals surface area contributed by atoms with Crippen LogP contribution in [0.4, 0.5) is 0 Å². The Labute approximate surface area is 142 Å². The van der Waals surface area contributed by atoms with Crippen LogP contribution >= 0.6 is 35.8 Å². The summed E-state index contributed by atoms with van der Waals surface area (Å²) in [5.74, 6) is 0.824. The molecule has 1 amide bonds. The SMILES string of the molecule is CC(Sc1ccc(Cl)cc1)C(=O)NCCC1CCNC1.Cl. The van der Waals surface area contributed by atoms with Gasteiger partial charge >= 0.3 is 0 Å². The molecule has 0 spiro atoms. The number of hydrogen-bond acceptors (Lipinski definition) is 3. The first-order valence-corrected chi connectivity index (χ1v) is 8.31. The lowest BCUT2D eigenvalue weighted by Gasteiger charge is -2.13. The first-order valence-electron chi connectivity index (χ1n) is 7.06. The zero-order valence-corrected chi connectivity index (χ0v) is 14.5. The van der Waals surface area contributed by atoms with Gasteiger partial charge in [-0.3, -0.25) is 4.79 Å². The van der Waals surface area contributed by atoms with Gasteiger partial charge in [-0.1, -0.05) is 11.6 Å². The molecule has 1 heterocycles. The standard InChI is InChI=1S/C15H21ClN2OS.ClH/c1-11(20-14-4-2-13(16)3-5-14)15(19)18-9-7-12-6-8-17-10-12;/h2-5,11-12,17H,6-10H2,1H3,(H,18,19);1H. The number of carbonyl (C=O) groups excluding carboxylic acids is 1. The predicted octanol–water partition coefficient (Wildman–Crippen LogP) is 3.36. The van der Waals surface area contributed by atoms with Crippen LogP contribution in [-0.4, -0.2) is 30.8 Å². The summed E-state index contributed by atoms with van der Waals surface area (Å²) in [6.45, 7) is 4.91. The molecule has 1 aromatic carbocycles. The summed E-state index contributed by atoms with van der Waals surface area (Å²) >= 11 is 7.41. The van der Waals surface area contributed by atoms with Crippen molar-refractivity contribution < 1.29 is 4.79 Å². The zero-order valence-electron chi connectivity index (χ0n) is 12.1. The van der Waals surface area contributed by atoms with Crippen LogP contribution in [-0.2, 0) is 4.79 Å². The normalized spacial score (nSPS) is 18.9. The van der Waals surface area contributed by atoms with Gasteiger partial charge in [0.2, 0.25) is 5.91 Å². The minimum Gasteiger partial charge on any atom is -0.355 e. The van der Waals surface area contributed by atoms with Gasteiger partial charge in [-0.2, -0.15) is 0 Å². The molecule has 0 saturated carbocycles. The number of carbonyl (C=O) groups is 1. The van der Waals surface area contributed by atoms with E-state index < -0.39 is 0 Å². The molecule has 21 heavy (non-hydrogen) atoms. The molecule has 2 rings (SSSR count). The molecule has 2 unspecified atom stereocenters. The lowest BCUT2D eigenvalue weighted by Crippen LogP contribution is -2.32. The second kappa shape index (κ2) is 9.57. The molecule has 1 aromatic rings. The highest BCUT2D eigenvalue weighted by molar-refractivity contribution is 8.00. The molecule has 1 aliphatic rings. The molecule has 0 aromatic heterocycles. The summed E-state index contributed by atoms with van der Waals surface area (Å²) in [5, 5.41) is 7.00. The lowest BCUT2D eigenvalue weighted by atomic mass is 10.1. The number of nitrogens with one attached hydrogen (secondary N) is 2. The molecule has 1 saturated heterocycles. The molecule has 0 radical (unpaired) electrons. The first kappa shape index (κ1) is 18.6. The van der Waals surface area contributed by atoms with Crippen molar-refractivity contribution >= 4 is 41.7 Å². The molecule has 2 N–H and O–H groups in total. The Kier molecular flexibility index (Phi) is 8.49. The van der Waals surface area contributed by atoms with Gasteiger partial charge in [-0.15, -0.1) is 24.2 Å². The predicted molar refractivity (Wildman–Crippen MR) is 92.6 cm³/mol. The van der Waals surface area contributed by atoms with Crippen LogP contribution in [0.2, 0.25) is 5.02 Å². The number of benzene rings is 1. The molecule has 2 atom stereocenters. The van der Waals surface area contributed by atoms with Crippen molar-refractivity contribution in [2.24, 2.45) is 5.92 Å². The fourth-order valence-corrected chi connectivity index (χ4v) is 3.29. The molecular formula is C15H22Cl2N2OS. The molecule has 118 valence electrons. The highest BCUT2D eigenvalue weighted by atomic mass is 35.5. The average molecular weight is 349 g/mol. The van der Waals surface area contributed by atoms with Crippen LogP contribution in [0.5, 0.6) is 0 Å². The maximum absolute atomic E-state index is 12.0. The van der Waals surface area contributed by atoms with E-state index in [1.165, 1.54) is 6.42 Å². The minimum atomic E-state index is -0.0853. The van der Waals surface area contributed by atoms with E-state index in [1.807, 2.05) is 31.2 Å². The van der Waals surface area contributed by atoms with Crippen molar-refractivity contribution in [3.63, 3.8) is 0 Å². The van der Waals surface area contributed by atoms with Crippen LogP contribution in [0.1, 0.15) is 19.8 Å². The fourth-order valence-electron chi connectivity index (χ4n) is 2.27. The summed E-state index contributed by atoms with van der Waals surface area (Å²) in [6, 6.07) is 7.59. The van der Waals surface area contributed by atoms with Gasteiger partial charge in [0.1, 0.15) is 0 Å².